The molecule has 0 saturated carbocycles. The van der Waals surface area contributed by atoms with Crippen molar-refractivity contribution in [2.75, 3.05) is 19.3 Å². The predicted molar refractivity (Wildman–Crippen MR) is 75.2 cm³/mol. The number of hydrogen-bond acceptors (Lipinski definition) is 3. The van der Waals surface area contributed by atoms with Crippen molar-refractivity contribution in [3.63, 3.8) is 0 Å². The van der Waals surface area contributed by atoms with Crippen molar-refractivity contribution < 1.29 is 4.79 Å². The molecule has 0 spiro atoms. The van der Waals surface area contributed by atoms with Crippen LogP contribution in [0.3, 0.4) is 0 Å². The SMILES string of the molecule is CCCN(C)C(=O)c1ccn(-c2cccc(N)c2)n1. The van der Waals surface area contributed by atoms with E-state index in [-0.39, 0.29) is 5.91 Å². The average molecular weight is 258 g/mol. The van der Waals surface area contributed by atoms with Gasteiger partial charge in [0.2, 0.25) is 0 Å². The van der Waals surface area contributed by atoms with Crippen LogP contribution < -0.4 is 5.73 Å². The van der Waals surface area contributed by atoms with Gasteiger partial charge in [-0.25, -0.2) is 4.68 Å². The van der Waals surface area contributed by atoms with Gasteiger partial charge in [-0.1, -0.05) is 13.0 Å². The Hall–Kier alpha value is -2.30. The van der Waals surface area contributed by atoms with Crippen molar-refractivity contribution in [1.82, 2.24) is 14.7 Å². The summed E-state index contributed by atoms with van der Waals surface area (Å²) in [5, 5.41) is 4.29. The molecule has 2 rings (SSSR count). The number of aromatic nitrogens is 2. The summed E-state index contributed by atoms with van der Waals surface area (Å²) < 4.78 is 1.66. The Morgan fingerprint density at radius 1 is 1.42 bits per heavy atom. The van der Waals surface area contributed by atoms with Gasteiger partial charge in [0.25, 0.3) is 5.91 Å². The minimum Gasteiger partial charge on any atom is -0.399 e. The third kappa shape index (κ3) is 2.93. The number of rotatable bonds is 4. The zero-order chi connectivity index (χ0) is 13.8. The monoisotopic (exact) mass is 258 g/mol. The van der Waals surface area contributed by atoms with Crippen LogP contribution in [0.2, 0.25) is 0 Å². The maximum atomic E-state index is 12.1. The van der Waals surface area contributed by atoms with Crippen molar-refractivity contribution in [3.05, 3.63) is 42.2 Å². The lowest BCUT2D eigenvalue weighted by Crippen LogP contribution is -2.27. The van der Waals surface area contributed by atoms with E-state index in [1.165, 1.54) is 0 Å². The molecule has 0 saturated heterocycles. The van der Waals surface area contributed by atoms with Gasteiger partial charge in [0.05, 0.1) is 5.69 Å². The Morgan fingerprint density at radius 3 is 2.89 bits per heavy atom. The molecule has 5 nitrogen and oxygen atoms in total. The smallest absolute Gasteiger partial charge is 0.274 e. The van der Waals surface area contributed by atoms with Crippen LogP contribution in [0.4, 0.5) is 5.69 Å². The zero-order valence-electron chi connectivity index (χ0n) is 11.2. The maximum absolute atomic E-state index is 12.1. The van der Waals surface area contributed by atoms with Gasteiger partial charge in [0.15, 0.2) is 5.69 Å². The van der Waals surface area contributed by atoms with E-state index in [1.807, 2.05) is 31.2 Å². The van der Waals surface area contributed by atoms with Crippen LogP contribution in [-0.4, -0.2) is 34.2 Å². The van der Waals surface area contributed by atoms with Gasteiger partial charge in [-0.15, -0.1) is 0 Å². The number of nitrogen functional groups attached to an aromatic ring is 1. The molecule has 5 heteroatoms. The van der Waals surface area contributed by atoms with Crippen LogP contribution in [0.5, 0.6) is 0 Å². The van der Waals surface area contributed by atoms with Crippen LogP contribution in [0.15, 0.2) is 36.5 Å². The topological polar surface area (TPSA) is 64.2 Å². The first kappa shape index (κ1) is 13.1. The van der Waals surface area contributed by atoms with E-state index in [2.05, 4.69) is 5.10 Å². The number of anilines is 1. The first-order valence-electron chi connectivity index (χ1n) is 6.29. The number of nitrogens with zero attached hydrogens (tertiary/aromatic N) is 3. The Kier molecular flexibility index (Phi) is 3.85. The van der Waals surface area contributed by atoms with Crippen molar-refractivity contribution >= 4 is 11.6 Å². The molecular formula is C14H18N4O. The van der Waals surface area contributed by atoms with Gasteiger partial charge in [0, 0.05) is 25.5 Å². The quantitative estimate of drug-likeness (QED) is 0.852. The lowest BCUT2D eigenvalue weighted by molar-refractivity contribution is 0.0789. The highest BCUT2D eigenvalue weighted by Crippen LogP contribution is 2.12. The van der Waals surface area contributed by atoms with Gasteiger partial charge in [-0.2, -0.15) is 5.10 Å². The second-order valence-corrected chi connectivity index (χ2v) is 4.47. The van der Waals surface area contributed by atoms with E-state index < -0.39 is 0 Å². The van der Waals surface area contributed by atoms with Crippen LogP contribution in [0.1, 0.15) is 23.8 Å². The summed E-state index contributed by atoms with van der Waals surface area (Å²) in [6.45, 7) is 2.76. The van der Waals surface area contributed by atoms with E-state index in [0.717, 1.165) is 18.7 Å². The van der Waals surface area contributed by atoms with Crippen LogP contribution in [-0.2, 0) is 0 Å². The van der Waals surface area contributed by atoms with E-state index >= 15 is 0 Å². The second-order valence-electron chi connectivity index (χ2n) is 4.47. The summed E-state index contributed by atoms with van der Waals surface area (Å²) in [6, 6.07) is 9.10. The Bertz CT molecular complexity index is 576. The summed E-state index contributed by atoms with van der Waals surface area (Å²) in [7, 11) is 1.78. The standard InChI is InChI=1S/C14H18N4O/c1-3-8-17(2)14(19)13-7-9-18(16-13)12-6-4-5-11(15)10-12/h4-7,9-10H,3,8,15H2,1-2H3. The molecule has 0 aliphatic heterocycles. The highest BCUT2D eigenvalue weighted by Gasteiger charge is 2.14. The molecule has 0 radical (unpaired) electrons. The number of carbonyl (C=O) groups is 1. The molecule has 0 aliphatic rings. The second kappa shape index (κ2) is 5.56. The summed E-state index contributed by atoms with van der Waals surface area (Å²) in [6.07, 6.45) is 2.69. The third-order valence-corrected chi connectivity index (χ3v) is 2.85. The molecule has 0 bridgehead atoms. The summed E-state index contributed by atoms with van der Waals surface area (Å²) in [5.41, 5.74) is 7.69. The van der Waals surface area contributed by atoms with Crippen molar-refractivity contribution in [2.24, 2.45) is 0 Å². The Morgan fingerprint density at radius 2 is 2.21 bits per heavy atom. The molecule has 0 atom stereocenters. The van der Waals surface area contributed by atoms with E-state index in [9.17, 15) is 4.79 Å². The van der Waals surface area contributed by atoms with Crippen LogP contribution in [0.25, 0.3) is 5.69 Å². The fourth-order valence-electron chi connectivity index (χ4n) is 1.88. The lowest BCUT2D eigenvalue weighted by atomic mass is 10.3. The lowest BCUT2D eigenvalue weighted by Gasteiger charge is -2.13. The molecule has 0 aliphatic carbocycles. The highest BCUT2D eigenvalue weighted by atomic mass is 16.2. The van der Waals surface area contributed by atoms with Gasteiger partial charge in [-0.3, -0.25) is 4.79 Å². The Balaban J connectivity index is 2.22. The zero-order valence-corrected chi connectivity index (χ0v) is 11.2. The van der Waals surface area contributed by atoms with Crippen molar-refractivity contribution in [2.45, 2.75) is 13.3 Å². The molecule has 1 aromatic carbocycles. The number of benzene rings is 1. The van der Waals surface area contributed by atoms with Crippen LogP contribution in [0, 0.1) is 0 Å². The molecule has 100 valence electrons. The molecular weight excluding hydrogens is 240 g/mol. The van der Waals surface area contributed by atoms with Crippen molar-refractivity contribution in [1.29, 1.82) is 0 Å². The van der Waals surface area contributed by atoms with Gasteiger partial charge < -0.3 is 10.6 Å². The number of amides is 1. The number of hydrogen-bond donors (Lipinski definition) is 1. The number of carbonyl (C=O) groups excluding carboxylic acids is 1. The molecule has 2 aromatic rings. The van der Waals surface area contributed by atoms with E-state index in [4.69, 9.17) is 5.73 Å². The first-order chi connectivity index (χ1) is 9.11. The molecule has 0 fully saturated rings. The molecule has 2 N–H and O–H groups in total. The van der Waals surface area contributed by atoms with E-state index in [1.54, 1.807) is 28.9 Å². The fraction of sp³-hybridized carbons (Fsp3) is 0.286. The molecule has 19 heavy (non-hydrogen) atoms. The maximum Gasteiger partial charge on any atom is 0.274 e. The van der Waals surface area contributed by atoms with Crippen molar-refractivity contribution in [3.8, 4) is 5.69 Å². The van der Waals surface area contributed by atoms with Gasteiger partial charge >= 0.3 is 0 Å². The predicted octanol–water partition coefficient (Wildman–Crippen LogP) is 1.94. The first-order valence-corrected chi connectivity index (χ1v) is 6.29. The normalized spacial score (nSPS) is 10.4. The highest BCUT2D eigenvalue weighted by molar-refractivity contribution is 5.92. The molecule has 0 unspecified atom stereocenters. The molecule has 1 heterocycles. The fourth-order valence-corrected chi connectivity index (χ4v) is 1.88. The number of nitrogens with two attached hydrogens (primary N) is 1. The third-order valence-electron chi connectivity index (χ3n) is 2.85. The average Bonchev–Trinajstić information content (AvgIpc) is 2.87. The Labute approximate surface area is 112 Å². The van der Waals surface area contributed by atoms with E-state index in [0.29, 0.717) is 11.4 Å². The summed E-state index contributed by atoms with van der Waals surface area (Å²) in [4.78, 5) is 13.7. The van der Waals surface area contributed by atoms with Gasteiger partial charge in [0.1, 0.15) is 0 Å². The largest absolute Gasteiger partial charge is 0.399 e. The van der Waals surface area contributed by atoms with Crippen LogP contribution >= 0.6 is 0 Å². The minimum atomic E-state index is -0.0653. The van der Waals surface area contributed by atoms with Gasteiger partial charge in [-0.05, 0) is 30.7 Å². The summed E-state index contributed by atoms with van der Waals surface area (Å²) >= 11 is 0. The molecule has 1 amide bonds. The minimum absolute atomic E-state index is 0.0653. The summed E-state index contributed by atoms with van der Waals surface area (Å²) in [5.74, 6) is -0.0653. The molecule has 1 aromatic heterocycles.